The summed E-state index contributed by atoms with van der Waals surface area (Å²) in [5.41, 5.74) is 0. The van der Waals surface area contributed by atoms with Crippen LogP contribution in [-0.4, -0.2) is 48.3 Å². The number of rotatable bonds is 3. The van der Waals surface area contributed by atoms with E-state index in [4.69, 9.17) is 19.3 Å². The van der Waals surface area contributed by atoms with E-state index in [2.05, 4.69) is 96.4 Å². The van der Waals surface area contributed by atoms with Crippen molar-refractivity contribution in [3.63, 3.8) is 0 Å². The van der Waals surface area contributed by atoms with Gasteiger partial charge < -0.3 is 25.7 Å². The molecule has 3 fully saturated rings. The Labute approximate surface area is 269 Å². The minimum absolute atomic E-state index is 0. The van der Waals surface area contributed by atoms with Crippen LogP contribution >= 0.6 is 0 Å². The van der Waals surface area contributed by atoms with Crippen LogP contribution in [0.5, 0.6) is 0 Å². The summed E-state index contributed by atoms with van der Waals surface area (Å²) < 4.78 is 17.7. The Morgan fingerprint density at radius 3 is 1.31 bits per heavy atom. The van der Waals surface area contributed by atoms with Crippen molar-refractivity contribution in [1.29, 1.82) is 0 Å². The van der Waals surface area contributed by atoms with E-state index >= 15 is 0 Å². The Bertz CT molecular complexity index is 582. The first-order chi connectivity index (χ1) is 17.8. The molecule has 3 rings (SSSR count). The predicted octanol–water partition coefficient (Wildman–Crippen LogP) is 8.59. The van der Waals surface area contributed by atoms with Crippen LogP contribution in [0.15, 0.2) is 0 Å². The standard InChI is InChI=1S/2C12H24O.C10H19O2.Y/c2*1-6-12-11(5)10(4)8(2)7-9(3)13-12;1-7-4-5-8(2)12-10(6-11)9(7)3;/h2*8-12H,6-7H2,1-5H3;4,7-11H,5-6H2,1-3H3;/q;;-1;. The van der Waals surface area contributed by atoms with Gasteiger partial charge in [-0.1, -0.05) is 69.2 Å². The van der Waals surface area contributed by atoms with Crippen molar-refractivity contribution in [1.82, 2.24) is 0 Å². The monoisotopic (exact) mass is 628 g/mol. The third-order valence-corrected chi connectivity index (χ3v) is 10.5. The molecule has 0 aromatic carbocycles. The fourth-order valence-electron chi connectivity index (χ4n) is 6.73. The number of aliphatic hydroxyl groups excluding tert-OH is 1. The molecule has 0 bridgehead atoms. The Morgan fingerprint density at radius 1 is 0.564 bits per heavy atom. The summed E-state index contributed by atoms with van der Waals surface area (Å²) >= 11 is 0. The van der Waals surface area contributed by atoms with Crippen LogP contribution in [0.4, 0.5) is 0 Å². The van der Waals surface area contributed by atoms with Crippen molar-refractivity contribution in [3.8, 4) is 0 Å². The molecule has 0 spiro atoms. The van der Waals surface area contributed by atoms with Crippen LogP contribution in [0.3, 0.4) is 0 Å². The van der Waals surface area contributed by atoms with E-state index in [0.717, 1.165) is 42.9 Å². The normalized spacial score (nSPS) is 45.1. The summed E-state index contributed by atoms with van der Waals surface area (Å²) in [6, 6.07) is 0. The second-order valence-electron chi connectivity index (χ2n) is 13.5. The van der Waals surface area contributed by atoms with E-state index in [0.29, 0.717) is 48.1 Å². The molecule has 231 valence electrons. The molecule has 14 unspecified atom stereocenters. The van der Waals surface area contributed by atoms with Gasteiger partial charge in [-0.05, 0) is 87.9 Å². The number of aliphatic hydroxyl groups is 1. The summed E-state index contributed by atoms with van der Waals surface area (Å²) in [5.74, 6) is 5.62. The minimum atomic E-state index is 0. The molecule has 5 heteroatoms. The number of hydrogen-bond donors (Lipinski definition) is 1. The van der Waals surface area contributed by atoms with Crippen LogP contribution in [0, 0.1) is 53.8 Å². The number of hydrogen-bond acceptors (Lipinski definition) is 4. The van der Waals surface area contributed by atoms with Crippen LogP contribution in [0.2, 0.25) is 0 Å². The molecular formula is C34H67O4Y-. The number of ether oxygens (including phenoxy) is 3. The van der Waals surface area contributed by atoms with Crippen LogP contribution in [0.25, 0.3) is 0 Å². The molecule has 0 saturated carbocycles. The Morgan fingerprint density at radius 2 is 0.949 bits per heavy atom. The van der Waals surface area contributed by atoms with Gasteiger partial charge in [0.2, 0.25) is 0 Å². The third kappa shape index (κ3) is 13.0. The van der Waals surface area contributed by atoms with Gasteiger partial charge in [-0.3, -0.25) is 0 Å². The summed E-state index contributed by atoms with van der Waals surface area (Å²) in [6.07, 6.45) is 10.2. The fourth-order valence-corrected chi connectivity index (χ4v) is 6.73. The zero-order valence-corrected chi connectivity index (χ0v) is 31.0. The first-order valence-corrected chi connectivity index (χ1v) is 16.2. The molecule has 39 heavy (non-hydrogen) atoms. The molecule has 3 aliphatic heterocycles. The largest absolute Gasteiger partial charge is 0.394 e. The predicted molar refractivity (Wildman–Crippen MR) is 162 cm³/mol. The van der Waals surface area contributed by atoms with Crippen molar-refractivity contribution < 1.29 is 52.0 Å². The second kappa shape index (κ2) is 20.0. The van der Waals surface area contributed by atoms with Crippen LogP contribution in [0.1, 0.15) is 122 Å². The van der Waals surface area contributed by atoms with Crippen molar-refractivity contribution in [2.45, 2.75) is 159 Å². The van der Waals surface area contributed by atoms with Crippen molar-refractivity contribution in [3.05, 3.63) is 6.42 Å². The quantitative estimate of drug-likeness (QED) is 0.318. The molecule has 1 radical (unpaired) electrons. The minimum Gasteiger partial charge on any atom is -0.394 e. The molecule has 0 aromatic heterocycles. The maximum Gasteiger partial charge on any atom is 0.0811 e. The van der Waals surface area contributed by atoms with Crippen molar-refractivity contribution >= 4 is 0 Å². The fraction of sp³-hybridized carbons (Fsp3) is 0.971. The smallest absolute Gasteiger partial charge is 0.0811 e. The third-order valence-electron chi connectivity index (χ3n) is 10.5. The van der Waals surface area contributed by atoms with Gasteiger partial charge in [0.15, 0.2) is 0 Å². The van der Waals surface area contributed by atoms with Gasteiger partial charge in [-0.25, -0.2) is 0 Å². The van der Waals surface area contributed by atoms with Gasteiger partial charge in [-0.2, -0.15) is 12.3 Å². The van der Waals surface area contributed by atoms with Gasteiger partial charge in [0.25, 0.3) is 0 Å². The SMILES string of the molecule is CC1C[CH-]C(C)C(C)C(CO)O1.CCC1OC(C)CC(C)C(C)C1C.CCC1OC(C)CC(C)C(C)C1C.[Y]. The Kier molecular flexibility index (Phi) is 20.5. The van der Waals surface area contributed by atoms with E-state index in [-0.39, 0.29) is 51.5 Å². The zero-order chi connectivity index (χ0) is 29.2. The van der Waals surface area contributed by atoms with Gasteiger partial charge in [0.1, 0.15) is 0 Å². The zero-order valence-electron chi connectivity index (χ0n) is 28.2. The summed E-state index contributed by atoms with van der Waals surface area (Å²) in [6.45, 7) is 29.6. The molecule has 0 aromatic rings. The molecule has 1 N–H and O–H groups in total. The van der Waals surface area contributed by atoms with Gasteiger partial charge in [0.05, 0.1) is 37.1 Å². The summed E-state index contributed by atoms with van der Waals surface area (Å²) in [5, 5.41) is 9.08. The average molecular weight is 629 g/mol. The molecule has 3 aliphatic rings. The topological polar surface area (TPSA) is 47.9 Å². The maximum atomic E-state index is 9.08. The molecule has 0 amide bonds. The first kappa shape index (κ1) is 39.9. The summed E-state index contributed by atoms with van der Waals surface area (Å²) in [4.78, 5) is 0. The van der Waals surface area contributed by atoms with Crippen molar-refractivity contribution in [2.75, 3.05) is 6.61 Å². The van der Waals surface area contributed by atoms with Crippen LogP contribution < -0.4 is 0 Å². The van der Waals surface area contributed by atoms with E-state index in [1.54, 1.807) is 0 Å². The van der Waals surface area contributed by atoms with E-state index in [9.17, 15) is 0 Å². The Hall–Kier alpha value is 0.944. The summed E-state index contributed by atoms with van der Waals surface area (Å²) in [7, 11) is 0. The molecular weight excluding hydrogens is 561 g/mol. The van der Waals surface area contributed by atoms with E-state index in [1.165, 1.54) is 12.8 Å². The van der Waals surface area contributed by atoms with E-state index < -0.39 is 0 Å². The molecule has 0 aliphatic carbocycles. The van der Waals surface area contributed by atoms with Gasteiger partial charge >= 0.3 is 0 Å². The average Bonchev–Trinajstić information content (AvgIpc) is 3.12. The molecule has 3 heterocycles. The maximum absolute atomic E-state index is 9.08. The van der Waals surface area contributed by atoms with Crippen LogP contribution in [-0.2, 0) is 46.9 Å². The second-order valence-corrected chi connectivity index (χ2v) is 13.5. The molecule has 14 atom stereocenters. The first-order valence-electron chi connectivity index (χ1n) is 16.2. The molecule has 3 saturated heterocycles. The van der Waals surface area contributed by atoms with Gasteiger partial charge in [-0.15, -0.1) is 0 Å². The Balaban J connectivity index is 0.000000549. The van der Waals surface area contributed by atoms with Crippen molar-refractivity contribution in [2.24, 2.45) is 47.3 Å². The van der Waals surface area contributed by atoms with E-state index in [1.807, 2.05) is 0 Å². The molecule has 4 nitrogen and oxygen atoms in total. The van der Waals surface area contributed by atoms with Gasteiger partial charge in [0, 0.05) is 38.8 Å².